The zero-order valence-corrected chi connectivity index (χ0v) is 14.1. The maximum Gasteiger partial charge on any atom is 0.337 e. The van der Waals surface area contributed by atoms with Crippen LogP contribution in [0.3, 0.4) is 0 Å². The second-order valence-corrected chi connectivity index (χ2v) is 5.83. The highest BCUT2D eigenvalue weighted by Crippen LogP contribution is 2.12. The molecule has 0 unspecified atom stereocenters. The van der Waals surface area contributed by atoms with Gasteiger partial charge in [-0.2, -0.15) is 0 Å². The first-order valence-corrected chi connectivity index (χ1v) is 8.03. The minimum atomic E-state index is -1.07. The molecule has 0 fully saturated rings. The number of hydrogen-bond donors (Lipinski definition) is 1. The van der Waals surface area contributed by atoms with Crippen LogP contribution < -0.4 is 5.56 Å². The Labute approximate surface area is 144 Å². The van der Waals surface area contributed by atoms with Gasteiger partial charge >= 0.3 is 5.97 Å². The molecular weight excluding hydrogens is 316 g/mol. The number of carboxylic acids is 1. The van der Waals surface area contributed by atoms with Crippen molar-refractivity contribution >= 4 is 23.8 Å². The van der Waals surface area contributed by atoms with Gasteiger partial charge in [0.05, 0.1) is 11.3 Å². The van der Waals surface area contributed by atoms with Crippen molar-refractivity contribution in [1.29, 1.82) is 0 Å². The number of rotatable bonds is 4. The molecule has 0 aliphatic carbocycles. The van der Waals surface area contributed by atoms with Crippen molar-refractivity contribution in [2.24, 2.45) is 0 Å². The molecule has 3 rings (SSSR count). The van der Waals surface area contributed by atoms with E-state index in [4.69, 9.17) is 5.11 Å². The first-order chi connectivity index (χ1) is 12.0. The molecule has 0 bridgehead atoms. The van der Waals surface area contributed by atoms with E-state index in [2.05, 4.69) is 4.98 Å². The second-order valence-electron chi connectivity index (χ2n) is 5.83. The normalized spacial score (nSPS) is 11.3. The number of aryl methyl sites for hydroxylation is 1. The lowest BCUT2D eigenvalue weighted by Gasteiger charge is -2.07. The average molecular weight is 334 g/mol. The van der Waals surface area contributed by atoms with E-state index in [0.29, 0.717) is 23.3 Å². The predicted octanol–water partition coefficient (Wildman–Crippen LogP) is 3.43. The van der Waals surface area contributed by atoms with E-state index in [1.165, 1.54) is 22.2 Å². The van der Waals surface area contributed by atoms with Crippen molar-refractivity contribution in [2.75, 3.05) is 0 Å². The molecule has 1 aromatic carbocycles. The maximum atomic E-state index is 12.7. The van der Waals surface area contributed by atoms with E-state index in [9.17, 15) is 9.59 Å². The lowest BCUT2D eigenvalue weighted by Crippen LogP contribution is -2.22. The minimum absolute atomic E-state index is 0.0569. The SMILES string of the molecule is CCc1c(C=Cc2ccc(C)cc2)nc2ccc(C(=O)O)cn2c1=O. The average Bonchev–Trinajstić information content (AvgIpc) is 2.61. The number of benzene rings is 1. The number of aromatic nitrogens is 2. The highest BCUT2D eigenvalue weighted by atomic mass is 16.4. The van der Waals surface area contributed by atoms with Gasteiger partial charge in [0.2, 0.25) is 0 Å². The van der Waals surface area contributed by atoms with Crippen molar-refractivity contribution in [2.45, 2.75) is 20.3 Å². The van der Waals surface area contributed by atoms with Crippen LogP contribution in [0.15, 0.2) is 47.4 Å². The Hall–Kier alpha value is -3.21. The van der Waals surface area contributed by atoms with Crippen molar-refractivity contribution < 1.29 is 9.90 Å². The van der Waals surface area contributed by atoms with Crippen LogP contribution in [-0.2, 0) is 6.42 Å². The van der Waals surface area contributed by atoms with Gasteiger partial charge in [0.15, 0.2) is 0 Å². The van der Waals surface area contributed by atoms with Gasteiger partial charge in [0, 0.05) is 11.8 Å². The highest BCUT2D eigenvalue weighted by molar-refractivity contribution is 5.87. The zero-order chi connectivity index (χ0) is 18.0. The Kier molecular flexibility index (Phi) is 4.48. The lowest BCUT2D eigenvalue weighted by molar-refractivity contribution is 0.0696. The number of pyridine rings is 1. The number of fused-ring (bicyclic) bond motifs is 1. The molecule has 0 radical (unpaired) electrons. The number of carbonyl (C=O) groups is 1. The van der Waals surface area contributed by atoms with Crippen LogP contribution in [0.4, 0.5) is 0 Å². The summed E-state index contributed by atoms with van der Waals surface area (Å²) in [5.74, 6) is -1.07. The third kappa shape index (κ3) is 3.35. The molecule has 2 heterocycles. The molecule has 0 aliphatic rings. The summed E-state index contributed by atoms with van der Waals surface area (Å²) in [6, 6.07) is 11.1. The van der Waals surface area contributed by atoms with Gasteiger partial charge in [0.1, 0.15) is 5.65 Å². The molecule has 5 nitrogen and oxygen atoms in total. The number of carboxylic acid groups (broad SMARTS) is 1. The minimum Gasteiger partial charge on any atom is -0.478 e. The summed E-state index contributed by atoms with van der Waals surface area (Å²) in [6.07, 6.45) is 5.58. The fourth-order valence-electron chi connectivity index (χ4n) is 2.64. The van der Waals surface area contributed by atoms with Gasteiger partial charge in [-0.1, -0.05) is 42.8 Å². The topological polar surface area (TPSA) is 71.7 Å². The molecule has 0 saturated heterocycles. The summed E-state index contributed by atoms with van der Waals surface area (Å²) < 4.78 is 1.30. The van der Waals surface area contributed by atoms with Crippen LogP contribution in [0.25, 0.3) is 17.8 Å². The molecule has 0 aliphatic heterocycles. The Morgan fingerprint density at radius 3 is 2.52 bits per heavy atom. The molecule has 2 aromatic heterocycles. The van der Waals surface area contributed by atoms with Crippen LogP contribution >= 0.6 is 0 Å². The number of aromatic carboxylic acids is 1. The maximum absolute atomic E-state index is 12.7. The van der Waals surface area contributed by atoms with E-state index in [-0.39, 0.29) is 11.1 Å². The van der Waals surface area contributed by atoms with Crippen LogP contribution in [-0.4, -0.2) is 20.5 Å². The van der Waals surface area contributed by atoms with E-state index in [0.717, 1.165) is 5.56 Å². The molecule has 0 atom stereocenters. The molecule has 25 heavy (non-hydrogen) atoms. The molecule has 3 aromatic rings. The molecule has 0 saturated carbocycles. The Morgan fingerprint density at radius 1 is 1.16 bits per heavy atom. The summed E-state index contributed by atoms with van der Waals surface area (Å²) >= 11 is 0. The molecular formula is C20H18N2O3. The van der Waals surface area contributed by atoms with E-state index in [1.807, 2.05) is 50.3 Å². The third-order valence-corrected chi connectivity index (χ3v) is 4.06. The standard InChI is InChI=1S/C20H18N2O3/c1-3-16-17(10-8-14-6-4-13(2)5-7-14)21-18-11-9-15(20(24)25)12-22(18)19(16)23/h4-12H,3H2,1-2H3,(H,24,25). The molecule has 0 spiro atoms. The summed E-state index contributed by atoms with van der Waals surface area (Å²) in [5, 5.41) is 9.10. The van der Waals surface area contributed by atoms with Gasteiger partial charge in [-0.05, 0) is 37.1 Å². The van der Waals surface area contributed by atoms with Crippen molar-refractivity contribution in [3.63, 3.8) is 0 Å². The number of hydrogen-bond acceptors (Lipinski definition) is 3. The largest absolute Gasteiger partial charge is 0.478 e. The molecule has 1 N–H and O–H groups in total. The van der Waals surface area contributed by atoms with Crippen molar-refractivity contribution in [3.8, 4) is 0 Å². The third-order valence-electron chi connectivity index (χ3n) is 4.06. The lowest BCUT2D eigenvalue weighted by atomic mass is 10.1. The highest BCUT2D eigenvalue weighted by Gasteiger charge is 2.11. The smallest absolute Gasteiger partial charge is 0.337 e. The van der Waals surface area contributed by atoms with Crippen LogP contribution in [0.1, 0.15) is 39.7 Å². The second kappa shape index (κ2) is 6.73. The van der Waals surface area contributed by atoms with Gasteiger partial charge in [0.25, 0.3) is 5.56 Å². The van der Waals surface area contributed by atoms with Crippen LogP contribution in [0.2, 0.25) is 0 Å². The first kappa shape index (κ1) is 16.6. The van der Waals surface area contributed by atoms with Crippen molar-refractivity contribution in [1.82, 2.24) is 9.38 Å². The summed E-state index contributed by atoms with van der Waals surface area (Å²) in [6.45, 7) is 3.91. The first-order valence-electron chi connectivity index (χ1n) is 8.03. The number of nitrogens with zero attached hydrogens (tertiary/aromatic N) is 2. The van der Waals surface area contributed by atoms with E-state index >= 15 is 0 Å². The quantitative estimate of drug-likeness (QED) is 0.793. The predicted molar refractivity (Wildman–Crippen MR) is 97.9 cm³/mol. The van der Waals surface area contributed by atoms with Crippen LogP contribution in [0, 0.1) is 6.92 Å². The molecule has 0 amide bonds. The van der Waals surface area contributed by atoms with Gasteiger partial charge in [-0.25, -0.2) is 9.78 Å². The fourth-order valence-corrected chi connectivity index (χ4v) is 2.64. The zero-order valence-electron chi connectivity index (χ0n) is 14.1. The molecule has 126 valence electrons. The van der Waals surface area contributed by atoms with E-state index < -0.39 is 5.97 Å². The van der Waals surface area contributed by atoms with Crippen LogP contribution in [0.5, 0.6) is 0 Å². The van der Waals surface area contributed by atoms with Gasteiger partial charge in [-0.15, -0.1) is 0 Å². The molecule has 5 heteroatoms. The Balaban J connectivity index is 2.12. The van der Waals surface area contributed by atoms with Crippen molar-refractivity contribution in [3.05, 3.63) is 80.9 Å². The summed E-state index contributed by atoms with van der Waals surface area (Å²) in [4.78, 5) is 28.3. The fraction of sp³-hybridized carbons (Fsp3) is 0.150. The Bertz CT molecular complexity index is 1030. The van der Waals surface area contributed by atoms with E-state index in [1.54, 1.807) is 6.07 Å². The van der Waals surface area contributed by atoms with Gasteiger partial charge < -0.3 is 5.11 Å². The monoisotopic (exact) mass is 334 g/mol. The summed E-state index contributed by atoms with van der Waals surface area (Å²) in [5.41, 5.74) is 3.62. The van der Waals surface area contributed by atoms with Gasteiger partial charge in [-0.3, -0.25) is 9.20 Å². The Morgan fingerprint density at radius 2 is 1.88 bits per heavy atom. The summed E-state index contributed by atoms with van der Waals surface area (Å²) in [7, 11) is 0.